The van der Waals surface area contributed by atoms with E-state index in [9.17, 15) is 4.79 Å². The molecule has 7 heteroatoms. The predicted octanol–water partition coefficient (Wildman–Crippen LogP) is 2.69. The van der Waals surface area contributed by atoms with Crippen LogP contribution >= 0.6 is 11.3 Å². The van der Waals surface area contributed by atoms with Gasteiger partial charge in [0.1, 0.15) is 10.7 Å². The molecular weight excluding hydrogens is 328 g/mol. The van der Waals surface area contributed by atoms with Gasteiger partial charge in [0.25, 0.3) is 5.91 Å². The fourth-order valence-electron chi connectivity index (χ4n) is 2.73. The molecule has 1 atom stereocenters. The van der Waals surface area contributed by atoms with Crippen LogP contribution in [0.4, 0.5) is 0 Å². The molecular formula is C17H20N2O4S. The summed E-state index contributed by atoms with van der Waals surface area (Å²) in [4.78, 5) is 19.0. The average Bonchev–Trinajstić information content (AvgIpc) is 3.10. The molecule has 128 valence electrons. The number of carbonyl (C=O) groups is 1. The number of thiazole rings is 1. The minimum absolute atomic E-state index is 0.0581. The summed E-state index contributed by atoms with van der Waals surface area (Å²) in [6, 6.07) is 5.68. The highest BCUT2D eigenvalue weighted by atomic mass is 32.1. The molecule has 0 spiro atoms. The molecule has 24 heavy (non-hydrogen) atoms. The summed E-state index contributed by atoms with van der Waals surface area (Å²) >= 11 is 1.42. The van der Waals surface area contributed by atoms with E-state index in [0.717, 1.165) is 10.6 Å². The maximum absolute atomic E-state index is 12.7. The summed E-state index contributed by atoms with van der Waals surface area (Å²) < 4.78 is 16.2. The van der Waals surface area contributed by atoms with Gasteiger partial charge in [-0.15, -0.1) is 11.3 Å². The Morgan fingerprint density at radius 1 is 1.38 bits per heavy atom. The molecule has 0 bridgehead atoms. The molecule has 6 nitrogen and oxygen atoms in total. The minimum Gasteiger partial charge on any atom is -0.493 e. The summed E-state index contributed by atoms with van der Waals surface area (Å²) in [5.74, 6) is 1.20. The highest BCUT2D eigenvalue weighted by Crippen LogP contribution is 2.39. The molecule has 3 rings (SSSR count). The molecule has 1 unspecified atom stereocenters. The quantitative estimate of drug-likeness (QED) is 0.850. The van der Waals surface area contributed by atoms with Gasteiger partial charge in [-0.25, -0.2) is 4.98 Å². The molecule has 1 aliphatic heterocycles. The Balaban J connectivity index is 1.90. The molecule has 1 fully saturated rings. The number of methoxy groups -OCH3 is 2. The first-order valence-electron chi connectivity index (χ1n) is 7.71. The Kier molecular flexibility index (Phi) is 5.01. The third-order valence-corrected chi connectivity index (χ3v) is 4.86. The molecule has 2 aromatic rings. The number of aromatic nitrogens is 1. The largest absolute Gasteiger partial charge is 0.493 e. The van der Waals surface area contributed by atoms with Crippen LogP contribution in [0, 0.1) is 0 Å². The molecule has 0 aliphatic carbocycles. The number of hydrogen-bond donors (Lipinski definition) is 0. The Morgan fingerprint density at radius 3 is 2.92 bits per heavy atom. The number of nitrogens with zero attached hydrogens (tertiary/aromatic N) is 2. The Morgan fingerprint density at radius 2 is 2.21 bits per heavy atom. The Labute approximate surface area is 145 Å². The molecule has 1 aromatic heterocycles. The summed E-state index contributed by atoms with van der Waals surface area (Å²) in [5.41, 5.74) is 1.27. The van der Waals surface area contributed by atoms with E-state index in [2.05, 4.69) is 4.98 Å². The predicted molar refractivity (Wildman–Crippen MR) is 92.0 cm³/mol. The number of benzene rings is 1. The lowest BCUT2D eigenvalue weighted by Crippen LogP contribution is -2.47. The highest BCUT2D eigenvalue weighted by Gasteiger charge is 2.27. The van der Waals surface area contributed by atoms with E-state index in [1.165, 1.54) is 11.3 Å². The van der Waals surface area contributed by atoms with Gasteiger partial charge in [0, 0.05) is 11.9 Å². The lowest BCUT2D eigenvalue weighted by molar-refractivity contribution is 0.00332. The lowest BCUT2D eigenvalue weighted by Gasteiger charge is -2.32. The first kappa shape index (κ1) is 16.7. The number of rotatable bonds is 4. The average molecular weight is 348 g/mol. The van der Waals surface area contributed by atoms with Crippen LogP contribution in [0.1, 0.15) is 17.4 Å². The van der Waals surface area contributed by atoms with Crippen molar-refractivity contribution >= 4 is 17.2 Å². The molecule has 1 amide bonds. The highest BCUT2D eigenvalue weighted by molar-refractivity contribution is 7.13. The van der Waals surface area contributed by atoms with Crippen LogP contribution in [-0.2, 0) is 4.74 Å². The van der Waals surface area contributed by atoms with Gasteiger partial charge in [0.2, 0.25) is 0 Å². The third-order valence-electron chi connectivity index (χ3n) is 3.99. The fraction of sp³-hybridized carbons (Fsp3) is 0.412. The second kappa shape index (κ2) is 7.19. The molecule has 1 saturated heterocycles. The SMILES string of the molecule is COc1cccc(-c2nc(C(=O)N3CCOCC3C)cs2)c1OC. The van der Waals surface area contributed by atoms with Crippen LogP contribution in [0.2, 0.25) is 0 Å². The number of para-hydroxylation sites is 1. The molecule has 0 N–H and O–H groups in total. The van der Waals surface area contributed by atoms with Crippen LogP contribution in [0.25, 0.3) is 10.6 Å². The van der Waals surface area contributed by atoms with E-state index in [-0.39, 0.29) is 11.9 Å². The zero-order valence-corrected chi connectivity index (χ0v) is 14.8. The number of hydrogen-bond acceptors (Lipinski definition) is 6. The van der Waals surface area contributed by atoms with Gasteiger partial charge >= 0.3 is 0 Å². The zero-order valence-electron chi connectivity index (χ0n) is 13.9. The van der Waals surface area contributed by atoms with E-state index in [1.54, 1.807) is 19.6 Å². The van der Waals surface area contributed by atoms with Crippen molar-refractivity contribution in [2.45, 2.75) is 13.0 Å². The summed E-state index contributed by atoms with van der Waals surface area (Å²) in [5, 5.41) is 2.52. The Bertz CT molecular complexity index is 731. The zero-order chi connectivity index (χ0) is 17.1. The first-order valence-corrected chi connectivity index (χ1v) is 8.59. The number of morpholine rings is 1. The van der Waals surface area contributed by atoms with Gasteiger partial charge in [-0.1, -0.05) is 6.07 Å². The molecule has 0 saturated carbocycles. The van der Waals surface area contributed by atoms with E-state index < -0.39 is 0 Å². The van der Waals surface area contributed by atoms with Gasteiger partial charge in [-0.05, 0) is 19.1 Å². The maximum Gasteiger partial charge on any atom is 0.273 e. The monoisotopic (exact) mass is 348 g/mol. The van der Waals surface area contributed by atoms with E-state index in [1.807, 2.05) is 30.0 Å². The van der Waals surface area contributed by atoms with Crippen molar-refractivity contribution in [3.05, 3.63) is 29.3 Å². The van der Waals surface area contributed by atoms with E-state index in [0.29, 0.717) is 37.0 Å². The normalized spacial score (nSPS) is 17.6. The van der Waals surface area contributed by atoms with Crippen LogP contribution < -0.4 is 9.47 Å². The minimum atomic E-state index is -0.0600. The standard InChI is InChI=1S/C17H20N2O4S/c1-11-9-23-8-7-19(11)17(20)13-10-24-16(18-13)12-5-4-6-14(21-2)15(12)22-3/h4-6,10-11H,7-9H2,1-3H3. The summed E-state index contributed by atoms with van der Waals surface area (Å²) in [7, 11) is 3.19. The number of ether oxygens (including phenoxy) is 3. The van der Waals surface area contributed by atoms with Crippen LogP contribution in [0.15, 0.2) is 23.6 Å². The second-order valence-electron chi connectivity index (χ2n) is 5.50. The van der Waals surface area contributed by atoms with Crippen molar-refractivity contribution in [2.75, 3.05) is 34.0 Å². The van der Waals surface area contributed by atoms with Crippen LogP contribution in [0.3, 0.4) is 0 Å². The van der Waals surface area contributed by atoms with Gasteiger partial charge in [0.05, 0.1) is 39.0 Å². The second-order valence-corrected chi connectivity index (χ2v) is 6.36. The Hall–Kier alpha value is -2.12. The molecule has 2 heterocycles. The van der Waals surface area contributed by atoms with Crippen LogP contribution in [0.5, 0.6) is 11.5 Å². The van der Waals surface area contributed by atoms with Crippen molar-refractivity contribution in [2.24, 2.45) is 0 Å². The molecule has 1 aromatic carbocycles. The smallest absolute Gasteiger partial charge is 0.273 e. The lowest BCUT2D eigenvalue weighted by atomic mass is 10.2. The van der Waals surface area contributed by atoms with Gasteiger partial charge in [-0.3, -0.25) is 4.79 Å². The summed E-state index contributed by atoms with van der Waals surface area (Å²) in [6.45, 7) is 3.70. The number of amides is 1. The van der Waals surface area contributed by atoms with Gasteiger partial charge in [0.15, 0.2) is 11.5 Å². The van der Waals surface area contributed by atoms with Crippen molar-refractivity contribution in [3.63, 3.8) is 0 Å². The van der Waals surface area contributed by atoms with Crippen molar-refractivity contribution < 1.29 is 19.0 Å². The summed E-state index contributed by atoms with van der Waals surface area (Å²) in [6.07, 6.45) is 0. The van der Waals surface area contributed by atoms with Crippen LogP contribution in [-0.4, -0.2) is 55.8 Å². The first-order chi connectivity index (χ1) is 11.7. The molecule has 1 aliphatic rings. The maximum atomic E-state index is 12.7. The van der Waals surface area contributed by atoms with E-state index >= 15 is 0 Å². The van der Waals surface area contributed by atoms with Crippen molar-refractivity contribution in [3.8, 4) is 22.1 Å². The van der Waals surface area contributed by atoms with Gasteiger partial charge in [-0.2, -0.15) is 0 Å². The van der Waals surface area contributed by atoms with Gasteiger partial charge < -0.3 is 19.1 Å². The fourth-order valence-corrected chi connectivity index (χ4v) is 3.54. The third kappa shape index (κ3) is 3.09. The topological polar surface area (TPSA) is 60.9 Å². The molecule has 0 radical (unpaired) electrons. The van der Waals surface area contributed by atoms with Crippen molar-refractivity contribution in [1.82, 2.24) is 9.88 Å². The number of carbonyl (C=O) groups excluding carboxylic acids is 1. The van der Waals surface area contributed by atoms with E-state index in [4.69, 9.17) is 14.2 Å². The van der Waals surface area contributed by atoms with Crippen molar-refractivity contribution in [1.29, 1.82) is 0 Å².